The lowest BCUT2D eigenvalue weighted by atomic mass is 9.76. The van der Waals surface area contributed by atoms with Crippen molar-refractivity contribution in [2.45, 2.75) is 73.1 Å². The van der Waals surface area contributed by atoms with Crippen LogP contribution in [-0.2, 0) is 29.7 Å². The minimum absolute atomic E-state index is 0.0170. The van der Waals surface area contributed by atoms with E-state index in [1.165, 1.54) is 10.9 Å². The molecule has 2 aromatic heterocycles. The third kappa shape index (κ3) is 7.57. The minimum atomic E-state index is -3.91. The van der Waals surface area contributed by atoms with Crippen LogP contribution in [0.15, 0.2) is 24.4 Å². The number of carbonyl (C=O) groups is 1. The number of nitrogens with one attached hydrogen (secondary N) is 1. The number of nitrogens with two attached hydrogens (primary N) is 1. The normalized spacial score (nSPS) is 17.6. The van der Waals surface area contributed by atoms with E-state index in [4.69, 9.17) is 24.0 Å². The Kier molecular flexibility index (Phi) is 10.2. The predicted molar refractivity (Wildman–Crippen MR) is 168 cm³/mol. The first-order valence-electron chi connectivity index (χ1n) is 15.5. The molecule has 0 saturated heterocycles. The maximum atomic E-state index is 15.6. The number of carbonyl (C=O) groups excluding carboxylic acids is 1. The Morgan fingerprint density at radius 1 is 1.06 bits per heavy atom. The van der Waals surface area contributed by atoms with E-state index in [2.05, 4.69) is 15.4 Å². The number of hydrogen-bond donors (Lipinski definition) is 2. The van der Waals surface area contributed by atoms with Crippen molar-refractivity contribution in [3.8, 4) is 17.0 Å². The van der Waals surface area contributed by atoms with Gasteiger partial charge in [-0.15, -0.1) is 0 Å². The minimum Gasteiger partial charge on any atom is -0.493 e. The zero-order valence-electron chi connectivity index (χ0n) is 27.3. The van der Waals surface area contributed by atoms with Crippen molar-refractivity contribution in [1.29, 1.82) is 0 Å². The Morgan fingerprint density at radius 2 is 1.70 bits per heavy atom. The molecule has 11 nitrogen and oxygen atoms in total. The zero-order chi connectivity index (χ0) is 34.3. The largest absolute Gasteiger partial charge is 0.493 e. The van der Waals surface area contributed by atoms with Gasteiger partial charge in [0.15, 0.2) is 24.2 Å². The van der Waals surface area contributed by atoms with Gasteiger partial charge in [0.2, 0.25) is 5.91 Å². The molecule has 2 aliphatic rings. The van der Waals surface area contributed by atoms with Gasteiger partial charge in [-0.05, 0) is 44.6 Å². The number of ether oxygens (including phenoxy) is 1. The van der Waals surface area contributed by atoms with Crippen LogP contribution in [0.3, 0.4) is 0 Å². The van der Waals surface area contributed by atoms with Crippen molar-refractivity contribution < 1.29 is 40.8 Å². The molecule has 1 aromatic carbocycles. The van der Waals surface area contributed by atoms with E-state index >= 15 is 4.39 Å². The van der Waals surface area contributed by atoms with Crippen LogP contribution in [0.2, 0.25) is 0 Å². The fourth-order valence-electron chi connectivity index (χ4n) is 5.69. The van der Waals surface area contributed by atoms with Crippen molar-refractivity contribution in [2.75, 3.05) is 25.1 Å². The van der Waals surface area contributed by atoms with Gasteiger partial charge in [-0.3, -0.25) is 23.3 Å². The van der Waals surface area contributed by atoms with E-state index < -0.39 is 48.6 Å². The summed E-state index contributed by atoms with van der Waals surface area (Å²) < 4.78 is 80.6. The van der Waals surface area contributed by atoms with E-state index in [0.717, 1.165) is 18.2 Å². The summed E-state index contributed by atoms with van der Waals surface area (Å²) in [6, 6.07) is 1.96. The van der Waals surface area contributed by atoms with Crippen LogP contribution < -0.4 is 15.8 Å². The number of amides is 1. The predicted octanol–water partition coefficient (Wildman–Crippen LogP) is 6.63. The van der Waals surface area contributed by atoms with Gasteiger partial charge in [-0.2, -0.15) is 5.10 Å². The quantitative estimate of drug-likeness (QED) is 0.191. The highest BCUT2D eigenvalue weighted by Crippen LogP contribution is 2.61. The van der Waals surface area contributed by atoms with Crippen LogP contribution in [-0.4, -0.2) is 46.5 Å². The summed E-state index contributed by atoms with van der Waals surface area (Å²) in [5.41, 5.74) is 7.66. The van der Waals surface area contributed by atoms with Crippen LogP contribution in [0.1, 0.15) is 63.4 Å². The monoisotopic (exact) mass is 679 g/mol. The second-order valence-corrected chi connectivity index (χ2v) is 14.8. The first-order valence-corrected chi connectivity index (χ1v) is 17.0. The third-order valence-electron chi connectivity index (χ3n) is 8.31. The number of phosphoric ester groups is 1. The lowest BCUT2D eigenvalue weighted by Crippen LogP contribution is -2.47. The Hall–Kier alpha value is -3.29. The number of pyridine rings is 1. The molecule has 3 heterocycles. The van der Waals surface area contributed by atoms with E-state index in [1.54, 1.807) is 13.8 Å². The van der Waals surface area contributed by atoms with Crippen LogP contribution in [0.5, 0.6) is 5.75 Å². The molecular formula is C32H41F3N5O6P. The molecule has 1 aliphatic carbocycles. The maximum absolute atomic E-state index is 15.6. The number of rotatable bonds is 13. The number of hydrogen-bond acceptors (Lipinski definition) is 9. The molecule has 3 aromatic rings. The van der Waals surface area contributed by atoms with Crippen LogP contribution in [0.25, 0.3) is 11.3 Å². The Morgan fingerprint density at radius 3 is 2.30 bits per heavy atom. The highest BCUT2D eigenvalue weighted by Gasteiger charge is 2.57. The zero-order valence-corrected chi connectivity index (χ0v) is 28.2. The number of halogens is 3. The van der Waals surface area contributed by atoms with E-state index in [-0.39, 0.29) is 55.5 Å². The van der Waals surface area contributed by atoms with E-state index in [0.29, 0.717) is 35.4 Å². The first-order chi connectivity index (χ1) is 22.1. The number of nitrogens with zero attached hydrogens (tertiary/aromatic N) is 3. The molecule has 1 saturated carbocycles. The highest BCUT2D eigenvalue weighted by molar-refractivity contribution is 7.48. The van der Waals surface area contributed by atoms with Crippen molar-refractivity contribution in [1.82, 2.24) is 14.8 Å². The molecule has 5 rings (SSSR count). The van der Waals surface area contributed by atoms with Gasteiger partial charge in [0.1, 0.15) is 11.4 Å². The van der Waals surface area contributed by atoms with Gasteiger partial charge in [0.25, 0.3) is 0 Å². The van der Waals surface area contributed by atoms with E-state index in [9.17, 15) is 18.1 Å². The number of anilines is 1. The SMILES string of the molecule is Cc1nn(COP(=O)(OCC(C)C)OCC(C)C)c(C)c1-c1ncc(NC(=O)[C@@H](N)C2c3cc(F)c(F)cc3OCC23CC3)cc1F. The number of fused-ring (bicyclic) bond motifs is 1. The molecule has 1 spiro atoms. The fourth-order valence-corrected chi connectivity index (χ4v) is 7.13. The molecule has 1 fully saturated rings. The average molecular weight is 680 g/mol. The fraction of sp³-hybridized carbons (Fsp3) is 0.531. The molecule has 3 N–H and O–H groups in total. The Balaban J connectivity index is 1.31. The molecule has 47 heavy (non-hydrogen) atoms. The molecule has 0 bridgehead atoms. The van der Waals surface area contributed by atoms with Crippen molar-refractivity contribution >= 4 is 19.4 Å². The summed E-state index contributed by atoms with van der Waals surface area (Å²) in [6.45, 7) is 11.3. The molecule has 256 valence electrons. The van der Waals surface area contributed by atoms with Crippen LogP contribution in [0, 0.1) is 48.5 Å². The molecule has 1 amide bonds. The van der Waals surface area contributed by atoms with E-state index in [1.807, 2.05) is 27.7 Å². The number of aryl methyl sites for hydroxylation is 1. The number of aromatic nitrogens is 3. The standard InChI is InChI=1S/C32H41F3N5O6P/c1-17(2)13-44-47(42,45-14-18(3)4)46-16-40-20(6)27(19(5)39-40)30-25(35)9-21(12-37-30)38-31(41)29(36)28-22-10-23(33)24(34)11-26(22)43-15-32(28)7-8-32/h9-12,17-18,28-29H,7-8,13-16,36H2,1-6H3,(H,38,41)/t28?,29-/m0/s1. The van der Waals surface area contributed by atoms with Gasteiger partial charge >= 0.3 is 7.82 Å². The van der Waals surface area contributed by atoms with Crippen LogP contribution in [0.4, 0.5) is 18.9 Å². The Bertz CT molecular complexity index is 1680. The summed E-state index contributed by atoms with van der Waals surface area (Å²) in [7, 11) is -3.91. The number of phosphoric acid groups is 1. The first kappa shape index (κ1) is 35.0. The average Bonchev–Trinajstić information content (AvgIpc) is 3.72. The van der Waals surface area contributed by atoms with Crippen molar-refractivity contribution in [3.05, 3.63) is 58.8 Å². The van der Waals surface area contributed by atoms with Gasteiger partial charge in [0, 0.05) is 40.3 Å². The lowest BCUT2D eigenvalue weighted by molar-refractivity contribution is -0.118. The summed E-state index contributed by atoms with van der Waals surface area (Å²) >= 11 is 0. The molecule has 1 unspecified atom stereocenters. The molecule has 15 heteroatoms. The smallest absolute Gasteiger partial charge is 0.476 e. The number of benzene rings is 1. The van der Waals surface area contributed by atoms with Gasteiger partial charge in [-0.25, -0.2) is 22.4 Å². The third-order valence-corrected chi connectivity index (χ3v) is 9.68. The molecule has 0 radical (unpaired) electrons. The second-order valence-electron chi connectivity index (χ2n) is 13.1. The van der Waals surface area contributed by atoms with Crippen LogP contribution >= 0.6 is 7.82 Å². The molecule has 2 atom stereocenters. The van der Waals surface area contributed by atoms with Gasteiger partial charge in [-0.1, -0.05) is 27.7 Å². The summed E-state index contributed by atoms with van der Waals surface area (Å²) in [5, 5.41) is 7.04. The summed E-state index contributed by atoms with van der Waals surface area (Å²) in [4.78, 5) is 17.6. The summed E-state index contributed by atoms with van der Waals surface area (Å²) in [5.74, 6) is -3.76. The lowest BCUT2D eigenvalue weighted by Gasteiger charge is -2.37. The highest BCUT2D eigenvalue weighted by atomic mass is 31.2. The maximum Gasteiger partial charge on any atom is 0.476 e. The second kappa shape index (κ2) is 13.7. The molecular weight excluding hydrogens is 638 g/mol. The van der Waals surface area contributed by atoms with Gasteiger partial charge in [0.05, 0.1) is 43.4 Å². The molecule has 1 aliphatic heterocycles. The van der Waals surface area contributed by atoms with Gasteiger partial charge < -0.3 is 15.8 Å². The Labute approximate surface area is 271 Å². The van der Waals surface area contributed by atoms with Crippen molar-refractivity contribution in [2.24, 2.45) is 23.0 Å². The van der Waals surface area contributed by atoms with Crippen molar-refractivity contribution in [3.63, 3.8) is 0 Å². The summed E-state index contributed by atoms with van der Waals surface area (Å²) in [6.07, 6.45) is 2.73. The topological polar surface area (TPSA) is 140 Å².